The number of para-hydroxylation sites is 2. The van der Waals surface area contributed by atoms with Gasteiger partial charge < -0.3 is 11.1 Å². The lowest BCUT2D eigenvalue weighted by Crippen LogP contribution is -2.35. The number of nitrogens with zero attached hydrogens (tertiary/aromatic N) is 2. The molecule has 2 aromatic rings. The summed E-state index contributed by atoms with van der Waals surface area (Å²) in [5.41, 5.74) is 7.22. The molecule has 1 amide bonds. The average molecular weight is 244 g/mol. The van der Waals surface area contributed by atoms with Crippen molar-refractivity contribution >= 4 is 11.6 Å². The minimum Gasteiger partial charge on any atom is -0.323 e. The minimum atomic E-state index is -0.490. The summed E-state index contributed by atoms with van der Waals surface area (Å²) in [6.45, 7) is 1.88. The van der Waals surface area contributed by atoms with E-state index in [-0.39, 0.29) is 5.91 Å². The highest BCUT2D eigenvalue weighted by atomic mass is 16.2. The van der Waals surface area contributed by atoms with Crippen LogP contribution in [0.2, 0.25) is 0 Å². The van der Waals surface area contributed by atoms with E-state index in [1.54, 1.807) is 10.9 Å². The molecule has 94 valence electrons. The van der Waals surface area contributed by atoms with Crippen LogP contribution in [0.5, 0.6) is 0 Å². The SMILES string of the molecule is CC[C@@H](N)C(=O)Nc1ccccc1-n1cccn1. The van der Waals surface area contributed by atoms with E-state index in [9.17, 15) is 4.79 Å². The van der Waals surface area contributed by atoms with Gasteiger partial charge in [-0.15, -0.1) is 0 Å². The van der Waals surface area contributed by atoms with Crippen LogP contribution in [0, 0.1) is 0 Å². The van der Waals surface area contributed by atoms with Gasteiger partial charge in [-0.05, 0) is 24.6 Å². The van der Waals surface area contributed by atoms with Gasteiger partial charge in [-0.3, -0.25) is 4.79 Å². The molecule has 0 unspecified atom stereocenters. The van der Waals surface area contributed by atoms with Crippen molar-refractivity contribution in [3.8, 4) is 5.69 Å². The molecule has 2 rings (SSSR count). The highest BCUT2D eigenvalue weighted by Crippen LogP contribution is 2.19. The standard InChI is InChI=1S/C13H16N4O/c1-2-10(14)13(18)16-11-6-3-4-7-12(11)17-9-5-8-15-17/h3-10H,2,14H2,1H3,(H,16,18)/t10-/m1/s1. The molecular formula is C13H16N4O. The quantitative estimate of drug-likeness (QED) is 0.857. The van der Waals surface area contributed by atoms with Crippen LogP contribution in [0.3, 0.4) is 0 Å². The molecule has 0 radical (unpaired) electrons. The van der Waals surface area contributed by atoms with Crippen molar-refractivity contribution in [1.82, 2.24) is 9.78 Å². The summed E-state index contributed by atoms with van der Waals surface area (Å²) in [4.78, 5) is 11.8. The first-order valence-electron chi connectivity index (χ1n) is 5.88. The zero-order chi connectivity index (χ0) is 13.0. The monoisotopic (exact) mass is 244 g/mol. The van der Waals surface area contributed by atoms with Gasteiger partial charge in [0.15, 0.2) is 0 Å². The summed E-state index contributed by atoms with van der Waals surface area (Å²) >= 11 is 0. The number of amides is 1. The second-order valence-corrected chi connectivity index (χ2v) is 3.97. The van der Waals surface area contributed by atoms with Gasteiger partial charge >= 0.3 is 0 Å². The van der Waals surface area contributed by atoms with E-state index >= 15 is 0 Å². The van der Waals surface area contributed by atoms with Crippen LogP contribution in [0.25, 0.3) is 5.69 Å². The molecule has 1 heterocycles. The highest BCUT2D eigenvalue weighted by molar-refractivity contribution is 5.96. The molecule has 0 spiro atoms. The van der Waals surface area contributed by atoms with E-state index in [1.807, 2.05) is 43.5 Å². The van der Waals surface area contributed by atoms with Crippen molar-refractivity contribution in [3.05, 3.63) is 42.7 Å². The van der Waals surface area contributed by atoms with E-state index in [0.29, 0.717) is 12.1 Å². The van der Waals surface area contributed by atoms with Gasteiger partial charge in [0.1, 0.15) is 0 Å². The Morgan fingerprint density at radius 3 is 2.89 bits per heavy atom. The molecule has 0 fully saturated rings. The topological polar surface area (TPSA) is 72.9 Å². The van der Waals surface area contributed by atoms with Crippen LogP contribution >= 0.6 is 0 Å². The fourth-order valence-electron chi connectivity index (χ4n) is 1.60. The molecule has 3 N–H and O–H groups in total. The summed E-state index contributed by atoms with van der Waals surface area (Å²) in [5, 5.41) is 6.98. The Morgan fingerprint density at radius 1 is 1.44 bits per heavy atom. The van der Waals surface area contributed by atoms with E-state index in [0.717, 1.165) is 5.69 Å². The molecule has 0 saturated heterocycles. The maximum atomic E-state index is 11.8. The van der Waals surface area contributed by atoms with Crippen LogP contribution < -0.4 is 11.1 Å². The number of anilines is 1. The van der Waals surface area contributed by atoms with Crippen LogP contribution in [0.15, 0.2) is 42.7 Å². The largest absolute Gasteiger partial charge is 0.323 e. The van der Waals surface area contributed by atoms with Crippen molar-refractivity contribution in [1.29, 1.82) is 0 Å². The van der Waals surface area contributed by atoms with Crippen molar-refractivity contribution in [2.45, 2.75) is 19.4 Å². The second-order valence-electron chi connectivity index (χ2n) is 3.97. The Labute approximate surface area is 106 Å². The maximum absolute atomic E-state index is 11.8. The lowest BCUT2D eigenvalue weighted by molar-refractivity contribution is -0.117. The first-order chi connectivity index (χ1) is 8.72. The highest BCUT2D eigenvalue weighted by Gasteiger charge is 2.13. The van der Waals surface area contributed by atoms with E-state index in [4.69, 9.17) is 5.73 Å². The lowest BCUT2D eigenvalue weighted by Gasteiger charge is -2.13. The number of benzene rings is 1. The molecule has 0 saturated carbocycles. The molecule has 18 heavy (non-hydrogen) atoms. The Morgan fingerprint density at radius 2 is 2.22 bits per heavy atom. The zero-order valence-corrected chi connectivity index (χ0v) is 10.2. The normalized spacial score (nSPS) is 12.1. The molecule has 0 aliphatic carbocycles. The van der Waals surface area contributed by atoms with Crippen LogP contribution in [-0.2, 0) is 4.79 Å². The number of hydrogen-bond acceptors (Lipinski definition) is 3. The molecule has 5 heteroatoms. The number of hydrogen-bond donors (Lipinski definition) is 2. The predicted molar refractivity (Wildman–Crippen MR) is 70.5 cm³/mol. The third kappa shape index (κ3) is 2.57. The van der Waals surface area contributed by atoms with E-state index < -0.39 is 6.04 Å². The fraction of sp³-hybridized carbons (Fsp3) is 0.231. The molecule has 0 bridgehead atoms. The van der Waals surface area contributed by atoms with E-state index in [2.05, 4.69) is 10.4 Å². The molecule has 5 nitrogen and oxygen atoms in total. The summed E-state index contributed by atoms with van der Waals surface area (Å²) in [6, 6.07) is 8.82. The van der Waals surface area contributed by atoms with Crippen LogP contribution in [0.1, 0.15) is 13.3 Å². The summed E-state index contributed by atoms with van der Waals surface area (Å²) in [6.07, 6.45) is 4.12. The van der Waals surface area contributed by atoms with Crippen LogP contribution in [-0.4, -0.2) is 21.7 Å². The zero-order valence-electron chi connectivity index (χ0n) is 10.2. The number of carbonyl (C=O) groups is 1. The van der Waals surface area contributed by atoms with Crippen molar-refractivity contribution in [3.63, 3.8) is 0 Å². The minimum absolute atomic E-state index is 0.183. The number of aromatic nitrogens is 2. The first-order valence-corrected chi connectivity index (χ1v) is 5.88. The van der Waals surface area contributed by atoms with Gasteiger partial charge in [0, 0.05) is 12.4 Å². The number of nitrogens with one attached hydrogen (secondary N) is 1. The van der Waals surface area contributed by atoms with Gasteiger partial charge in [-0.25, -0.2) is 4.68 Å². The summed E-state index contributed by atoms with van der Waals surface area (Å²) in [7, 11) is 0. The van der Waals surface area contributed by atoms with Gasteiger partial charge in [0.25, 0.3) is 0 Å². The Kier molecular flexibility index (Phi) is 3.74. The number of rotatable bonds is 4. The molecule has 1 aromatic heterocycles. The van der Waals surface area contributed by atoms with Gasteiger partial charge in [-0.1, -0.05) is 19.1 Å². The van der Waals surface area contributed by atoms with Gasteiger partial charge in [0.2, 0.25) is 5.91 Å². The number of carbonyl (C=O) groups excluding carboxylic acids is 1. The Hall–Kier alpha value is -2.14. The molecule has 1 aromatic carbocycles. The van der Waals surface area contributed by atoms with Crippen molar-refractivity contribution in [2.75, 3.05) is 5.32 Å². The Bertz CT molecular complexity index is 522. The Balaban J connectivity index is 2.26. The van der Waals surface area contributed by atoms with Crippen LogP contribution in [0.4, 0.5) is 5.69 Å². The summed E-state index contributed by atoms with van der Waals surface area (Å²) in [5.74, 6) is -0.183. The first kappa shape index (κ1) is 12.3. The maximum Gasteiger partial charge on any atom is 0.241 e. The summed E-state index contributed by atoms with van der Waals surface area (Å²) < 4.78 is 1.70. The third-order valence-corrected chi connectivity index (χ3v) is 2.69. The van der Waals surface area contributed by atoms with E-state index in [1.165, 1.54) is 0 Å². The molecular weight excluding hydrogens is 228 g/mol. The predicted octanol–water partition coefficient (Wildman–Crippen LogP) is 1.55. The third-order valence-electron chi connectivity index (χ3n) is 2.69. The fourth-order valence-corrected chi connectivity index (χ4v) is 1.60. The van der Waals surface area contributed by atoms with Gasteiger partial charge in [-0.2, -0.15) is 5.10 Å². The van der Waals surface area contributed by atoms with Crippen molar-refractivity contribution < 1.29 is 4.79 Å². The second kappa shape index (κ2) is 5.46. The average Bonchev–Trinajstić information content (AvgIpc) is 2.92. The van der Waals surface area contributed by atoms with Gasteiger partial charge in [0.05, 0.1) is 17.4 Å². The smallest absolute Gasteiger partial charge is 0.241 e. The molecule has 0 aliphatic heterocycles. The lowest BCUT2D eigenvalue weighted by atomic mass is 10.2. The molecule has 0 aliphatic rings. The van der Waals surface area contributed by atoms with Crippen molar-refractivity contribution in [2.24, 2.45) is 5.73 Å². The molecule has 1 atom stereocenters. The number of nitrogens with two attached hydrogens (primary N) is 1.